The third-order valence-corrected chi connectivity index (χ3v) is 5.15. The number of aryl methyl sites for hydroxylation is 1. The summed E-state index contributed by atoms with van der Waals surface area (Å²) in [5.41, 5.74) is 0.771. The SMILES string of the molecule is C=CCC(C(=O)N1CCOC1=O)C1CCN(C(=O)OC(C)(C)C)C1.Cc1ccccc1. The molecule has 0 N–H and O–H groups in total. The number of rotatable bonds is 4. The smallest absolute Gasteiger partial charge is 0.416 e. The maximum Gasteiger partial charge on any atom is 0.416 e. The lowest BCUT2D eigenvalue weighted by Crippen LogP contribution is -2.41. The molecule has 3 rings (SSSR count). The van der Waals surface area contributed by atoms with Crippen LogP contribution in [-0.2, 0) is 14.3 Å². The molecule has 0 aromatic heterocycles. The molecule has 1 aromatic rings. The number of benzene rings is 1. The Kier molecular flexibility index (Phi) is 8.65. The van der Waals surface area contributed by atoms with Crippen LogP contribution in [0.4, 0.5) is 9.59 Å². The summed E-state index contributed by atoms with van der Waals surface area (Å²) in [6, 6.07) is 10.3. The largest absolute Gasteiger partial charge is 0.447 e. The van der Waals surface area contributed by atoms with Crippen LogP contribution in [-0.4, -0.2) is 59.7 Å². The maximum atomic E-state index is 12.7. The average Bonchev–Trinajstić information content (AvgIpc) is 3.35. The van der Waals surface area contributed by atoms with E-state index in [1.165, 1.54) is 5.56 Å². The summed E-state index contributed by atoms with van der Waals surface area (Å²) >= 11 is 0. The predicted octanol–water partition coefficient (Wildman–Crippen LogP) is 4.41. The highest BCUT2D eigenvalue weighted by atomic mass is 16.6. The van der Waals surface area contributed by atoms with Gasteiger partial charge >= 0.3 is 12.2 Å². The number of hydrogen-bond acceptors (Lipinski definition) is 5. The predicted molar refractivity (Wildman–Crippen MR) is 118 cm³/mol. The minimum atomic E-state index is -0.587. The van der Waals surface area contributed by atoms with Crippen molar-refractivity contribution < 1.29 is 23.9 Å². The van der Waals surface area contributed by atoms with E-state index >= 15 is 0 Å². The molecule has 0 saturated carbocycles. The van der Waals surface area contributed by atoms with Gasteiger partial charge in [-0.2, -0.15) is 0 Å². The molecule has 2 aliphatic rings. The molecular weight excluding hydrogens is 396 g/mol. The van der Waals surface area contributed by atoms with Crippen molar-refractivity contribution in [2.75, 3.05) is 26.2 Å². The van der Waals surface area contributed by atoms with Gasteiger partial charge in [0, 0.05) is 19.0 Å². The standard InChI is InChI=1S/C17H26N2O5.C7H8/c1-5-6-13(14(20)19-9-10-23-16(19)22)12-7-8-18(11-12)15(21)24-17(2,3)4;1-7-5-3-2-4-6-7/h5,12-13H,1,6-11H2,2-4H3;2-6H,1H3. The molecule has 0 bridgehead atoms. The lowest BCUT2D eigenvalue weighted by Gasteiger charge is -2.26. The van der Waals surface area contributed by atoms with Crippen molar-refractivity contribution >= 4 is 18.1 Å². The van der Waals surface area contributed by atoms with Gasteiger partial charge in [-0.05, 0) is 46.5 Å². The molecule has 7 heteroatoms. The molecule has 0 radical (unpaired) electrons. The number of ether oxygens (including phenoxy) is 2. The van der Waals surface area contributed by atoms with Gasteiger partial charge in [0.15, 0.2) is 0 Å². The summed E-state index contributed by atoms with van der Waals surface area (Å²) in [7, 11) is 0. The van der Waals surface area contributed by atoms with Crippen molar-refractivity contribution in [3.63, 3.8) is 0 Å². The van der Waals surface area contributed by atoms with Gasteiger partial charge in [0.05, 0.1) is 6.54 Å². The van der Waals surface area contributed by atoms with E-state index in [1.807, 2.05) is 39.0 Å². The second kappa shape index (κ2) is 11.0. The number of hydrogen-bond donors (Lipinski definition) is 0. The van der Waals surface area contributed by atoms with Gasteiger partial charge in [-0.3, -0.25) is 4.79 Å². The van der Waals surface area contributed by atoms with Crippen LogP contribution in [0.25, 0.3) is 0 Å². The van der Waals surface area contributed by atoms with Gasteiger partial charge in [0.1, 0.15) is 12.2 Å². The highest BCUT2D eigenvalue weighted by Gasteiger charge is 2.40. The number of amides is 3. The number of likely N-dealkylation sites (tertiary alicyclic amines) is 1. The minimum Gasteiger partial charge on any atom is -0.447 e. The molecular formula is C24H34N2O5. The van der Waals surface area contributed by atoms with Crippen LogP contribution in [0.1, 0.15) is 39.2 Å². The first-order valence-electron chi connectivity index (χ1n) is 10.7. The van der Waals surface area contributed by atoms with Crippen LogP contribution >= 0.6 is 0 Å². The Hall–Kier alpha value is -2.83. The van der Waals surface area contributed by atoms with Crippen molar-refractivity contribution in [3.05, 3.63) is 48.6 Å². The minimum absolute atomic E-state index is 0.0172. The van der Waals surface area contributed by atoms with Gasteiger partial charge in [-0.1, -0.05) is 42.0 Å². The van der Waals surface area contributed by atoms with Crippen molar-refractivity contribution in [2.24, 2.45) is 11.8 Å². The first kappa shape index (κ1) is 24.4. The van der Waals surface area contributed by atoms with E-state index in [0.29, 0.717) is 25.9 Å². The Morgan fingerprint density at radius 3 is 2.42 bits per heavy atom. The Morgan fingerprint density at radius 1 is 1.26 bits per heavy atom. The third-order valence-electron chi connectivity index (χ3n) is 5.15. The number of cyclic esters (lactones) is 1. The van der Waals surface area contributed by atoms with Crippen molar-refractivity contribution in [2.45, 2.75) is 46.1 Å². The zero-order valence-electron chi connectivity index (χ0n) is 19.0. The summed E-state index contributed by atoms with van der Waals surface area (Å²) in [5, 5.41) is 0. The molecule has 0 spiro atoms. The molecule has 2 heterocycles. The first-order valence-corrected chi connectivity index (χ1v) is 10.7. The van der Waals surface area contributed by atoms with E-state index in [4.69, 9.17) is 9.47 Å². The number of imide groups is 1. The van der Waals surface area contributed by atoms with Gasteiger partial charge in [-0.15, -0.1) is 6.58 Å². The van der Waals surface area contributed by atoms with Gasteiger partial charge in [-0.25, -0.2) is 14.5 Å². The number of carbonyl (C=O) groups excluding carboxylic acids is 3. The monoisotopic (exact) mass is 430 g/mol. The molecule has 2 saturated heterocycles. The van der Waals surface area contributed by atoms with Crippen molar-refractivity contribution in [3.8, 4) is 0 Å². The lowest BCUT2D eigenvalue weighted by molar-refractivity contribution is -0.133. The molecule has 170 valence electrons. The van der Waals surface area contributed by atoms with Gasteiger partial charge in [0.2, 0.25) is 5.91 Å². The fourth-order valence-corrected chi connectivity index (χ4v) is 3.61. The average molecular weight is 431 g/mol. The molecule has 7 nitrogen and oxygen atoms in total. The zero-order chi connectivity index (χ0) is 23.0. The molecule has 0 aliphatic carbocycles. The molecule has 3 amide bonds. The fraction of sp³-hybridized carbons (Fsp3) is 0.542. The lowest BCUT2D eigenvalue weighted by atomic mass is 9.87. The van der Waals surface area contributed by atoms with E-state index < -0.39 is 11.7 Å². The topological polar surface area (TPSA) is 76.2 Å². The van der Waals surface area contributed by atoms with E-state index in [2.05, 4.69) is 25.6 Å². The van der Waals surface area contributed by atoms with Crippen molar-refractivity contribution in [1.82, 2.24) is 9.80 Å². The number of carbonyl (C=O) groups is 3. The molecule has 1 aromatic carbocycles. The molecule has 31 heavy (non-hydrogen) atoms. The maximum absolute atomic E-state index is 12.7. The molecule has 2 aliphatic heterocycles. The first-order chi connectivity index (χ1) is 14.6. The van der Waals surface area contributed by atoms with Crippen LogP contribution in [0.15, 0.2) is 43.0 Å². The Morgan fingerprint density at radius 2 is 1.94 bits per heavy atom. The van der Waals surface area contributed by atoms with Crippen LogP contribution in [0.3, 0.4) is 0 Å². The summed E-state index contributed by atoms with van der Waals surface area (Å²) in [6.45, 7) is 12.8. The summed E-state index contributed by atoms with van der Waals surface area (Å²) in [6.07, 6.45) is 1.90. The number of allylic oxidation sites excluding steroid dienone is 1. The summed E-state index contributed by atoms with van der Waals surface area (Å²) in [4.78, 5) is 39.3. The van der Waals surface area contributed by atoms with E-state index in [1.54, 1.807) is 11.0 Å². The number of nitrogens with zero attached hydrogens (tertiary/aromatic N) is 2. The van der Waals surface area contributed by atoms with Crippen LogP contribution in [0.5, 0.6) is 0 Å². The quantitative estimate of drug-likeness (QED) is 0.662. The Bertz CT molecular complexity index is 772. The van der Waals surface area contributed by atoms with Crippen LogP contribution < -0.4 is 0 Å². The van der Waals surface area contributed by atoms with E-state index in [0.717, 1.165) is 4.90 Å². The van der Waals surface area contributed by atoms with Crippen LogP contribution in [0, 0.1) is 18.8 Å². The van der Waals surface area contributed by atoms with Crippen molar-refractivity contribution in [1.29, 1.82) is 0 Å². The highest BCUT2D eigenvalue weighted by molar-refractivity contribution is 5.94. The molecule has 2 fully saturated rings. The molecule has 2 unspecified atom stereocenters. The Labute approximate surface area is 185 Å². The summed E-state index contributed by atoms with van der Waals surface area (Å²) < 4.78 is 10.2. The second-order valence-corrected chi connectivity index (χ2v) is 8.86. The fourth-order valence-electron chi connectivity index (χ4n) is 3.61. The van der Waals surface area contributed by atoms with Gasteiger partial charge < -0.3 is 14.4 Å². The highest BCUT2D eigenvalue weighted by Crippen LogP contribution is 2.30. The van der Waals surface area contributed by atoms with Gasteiger partial charge in [0.25, 0.3) is 0 Å². The normalized spacial score (nSPS) is 19.2. The zero-order valence-corrected chi connectivity index (χ0v) is 19.0. The summed E-state index contributed by atoms with van der Waals surface area (Å²) in [5.74, 6) is -0.634. The second-order valence-electron chi connectivity index (χ2n) is 8.86. The molecule has 2 atom stereocenters. The Balaban J connectivity index is 0.000000412. The van der Waals surface area contributed by atoms with E-state index in [9.17, 15) is 14.4 Å². The third kappa shape index (κ3) is 7.42. The van der Waals surface area contributed by atoms with Crippen LogP contribution in [0.2, 0.25) is 0 Å². The van der Waals surface area contributed by atoms with E-state index in [-0.39, 0.29) is 37.0 Å².